The molecule has 0 unspecified atom stereocenters. The number of nitrogens with zero attached hydrogens (tertiary/aromatic N) is 1. The molecule has 0 radical (unpaired) electrons. The van der Waals surface area contributed by atoms with Gasteiger partial charge in [-0.25, -0.2) is 9.59 Å². The average Bonchev–Trinajstić information content (AvgIpc) is 2.90. The van der Waals surface area contributed by atoms with E-state index >= 15 is 0 Å². The van der Waals surface area contributed by atoms with Crippen LogP contribution < -0.4 is 4.90 Å². The fourth-order valence-electron chi connectivity index (χ4n) is 3.83. The van der Waals surface area contributed by atoms with Gasteiger partial charge in [-0.3, -0.25) is 4.90 Å². The zero-order valence-electron chi connectivity index (χ0n) is 16.3. The zero-order chi connectivity index (χ0) is 19.5. The molecule has 2 aromatic rings. The monoisotopic (exact) mass is 365 g/mol. The molecule has 5 heteroatoms. The standard InChI is InChI=1S/C22H23NO4/c1-12-6-13(2)19-16-9-15-11-26-20(24)17(15)8-14(16)10-23(18(19)7-12)21(25)27-22(3,4)5/h6-9H,10-11H2,1-5H3. The highest BCUT2D eigenvalue weighted by molar-refractivity contribution is 6.00. The van der Waals surface area contributed by atoms with Gasteiger partial charge >= 0.3 is 12.1 Å². The van der Waals surface area contributed by atoms with Crippen LogP contribution >= 0.6 is 0 Å². The van der Waals surface area contributed by atoms with Crippen LogP contribution in [-0.4, -0.2) is 17.7 Å². The summed E-state index contributed by atoms with van der Waals surface area (Å²) in [5.41, 5.74) is 6.92. The number of carbonyl (C=O) groups excluding carboxylic acids is 2. The average molecular weight is 365 g/mol. The van der Waals surface area contributed by atoms with Crippen molar-refractivity contribution in [2.24, 2.45) is 0 Å². The molecule has 0 spiro atoms. The van der Waals surface area contributed by atoms with E-state index in [-0.39, 0.29) is 12.1 Å². The molecule has 2 aliphatic heterocycles. The maximum absolute atomic E-state index is 12.9. The third-order valence-electron chi connectivity index (χ3n) is 4.87. The van der Waals surface area contributed by atoms with E-state index in [1.165, 1.54) is 0 Å². The molecular formula is C22H23NO4. The van der Waals surface area contributed by atoms with Gasteiger partial charge in [-0.2, -0.15) is 0 Å². The van der Waals surface area contributed by atoms with Crippen molar-refractivity contribution in [3.8, 4) is 11.1 Å². The third kappa shape index (κ3) is 2.97. The number of rotatable bonds is 0. The van der Waals surface area contributed by atoms with Crippen molar-refractivity contribution in [1.29, 1.82) is 0 Å². The van der Waals surface area contributed by atoms with Crippen LogP contribution in [0.15, 0.2) is 24.3 Å². The number of anilines is 1. The predicted octanol–water partition coefficient (Wildman–Crippen LogP) is 4.90. The van der Waals surface area contributed by atoms with Crippen LogP contribution in [0, 0.1) is 13.8 Å². The van der Waals surface area contributed by atoms with E-state index in [1.54, 1.807) is 4.90 Å². The molecule has 0 fully saturated rings. The summed E-state index contributed by atoms with van der Waals surface area (Å²) in [4.78, 5) is 26.6. The van der Waals surface area contributed by atoms with Crippen molar-refractivity contribution in [1.82, 2.24) is 0 Å². The summed E-state index contributed by atoms with van der Waals surface area (Å²) in [7, 11) is 0. The SMILES string of the molecule is Cc1cc(C)c2c(c1)N(C(=O)OC(C)(C)C)Cc1cc3c(cc1-2)COC3=O. The van der Waals surface area contributed by atoms with Crippen LogP contribution in [0.4, 0.5) is 10.5 Å². The minimum absolute atomic E-state index is 0.303. The topological polar surface area (TPSA) is 55.8 Å². The van der Waals surface area contributed by atoms with Crippen molar-refractivity contribution in [2.75, 3.05) is 4.90 Å². The van der Waals surface area contributed by atoms with Gasteiger partial charge in [-0.15, -0.1) is 0 Å². The van der Waals surface area contributed by atoms with Gasteiger partial charge in [-0.1, -0.05) is 6.07 Å². The fraction of sp³-hybridized carbons (Fsp3) is 0.364. The van der Waals surface area contributed by atoms with Crippen molar-refractivity contribution in [3.05, 3.63) is 52.1 Å². The summed E-state index contributed by atoms with van der Waals surface area (Å²) >= 11 is 0. The Labute approximate surface area is 158 Å². The molecule has 2 heterocycles. The van der Waals surface area contributed by atoms with Crippen LogP contribution in [0.25, 0.3) is 11.1 Å². The number of aryl methyl sites for hydroxylation is 2. The van der Waals surface area contributed by atoms with E-state index < -0.39 is 5.60 Å². The lowest BCUT2D eigenvalue weighted by Gasteiger charge is -2.34. The molecule has 0 aliphatic carbocycles. The number of amides is 1. The highest BCUT2D eigenvalue weighted by atomic mass is 16.6. The Kier molecular flexibility index (Phi) is 3.81. The third-order valence-corrected chi connectivity index (χ3v) is 4.87. The van der Waals surface area contributed by atoms with Crippen molar-refractivity contribution < 1.29 is 19.1 Å². The number of benzene rings is 2. The number of hydrogen-bond donors (Lipinski definition) is 0. The molecule has 0 saturated carbocycles. The molecule has 2 aliphatic rings. The quantitative estimate of drug-likeness (QED) is 0.623. The Hall–Kier alpha value is -2.82. The normalized spacial score (nSPS) is 15.0. The van der Waals surface area contributed by atoms with Gasteiger partial charge in [0.25, 0.3) is 0 Å². The summed E-state index contributed by atoms with van der Waals surface area (Å²) in [6, 6.07) is 8.02. The van der Waals surface area contributed by atoms with Crippen molar-refractivity contribution in [2.45, 2.75) is 53.4 Å². The second kappa shape index (κ2) is 5.84. The van der Waals surface area contributed by atoms with Gasteiger partial charge in [0.15, 0.2) is 0 Å². The maximum atomic E-state index is 12.9. The van der Waals surface area contributed by atoms with Crippen LogP contribution in [-0.2, 0) is 22.6 Å². The molecule has 140 valence electrons. The zero-order valence-corrected chi connectivity index (χ0v) is 16.3. The summed E-state index contributed by atoms with van der Waals surface area (Å²) in [6.07, 6.45) is -0.387. The minimum Gasteiger partial charge on any atom is -0.457 e. The van der Waals surface area contributed by atoms with E-state index in [4.69, 9.17) is 9.47 Å². The highest BCUT2D eigenvalue weighted by Crippen LogP contribution is 2.44. The number of carbonyl (C=O) groups is 2. The Morgan fingerprint density at radius 3 is 2.48 bits per heavy atom. The van der Waals surface area contributed by atoms with Crippen LogP contribution in [0.5, 0.6) is 0 Å². The van der Waals surface area contributed by atoms with Gasteiger partial charge in [0, 0.05) is 11.1 Å². The largest absolute Gasteiger partial charge is 0.457 e. The first-order valence-corrected chi connectivity index (χ1v) is 9.09. The van der Waals surface area contributed by atoms with Gasteiger partial charge in [0.2, 0.25) is 0 Å². The van der Waals surface area contributed by atoms with E-state index in [2.05, 4.69) is 6.07 Å². The second-order valence-electron chi connectivity index (χ2n) is 8.29. The Bertz CT molecular complexity index is 985. The van der Waals surface area contributed by atoms with Gasteiger partial charge < -0.3 is 9.47 Å². The molecule has 1 amide bonds. The number of fused-ring (bicyclic) bond motifs is 4. The van der Waals surface area contributed by atoms with Crippen LogP contribution in [0.1, 0.15) is 53.4 Å². The summed E-state index contributed by atoms with van der Waals surface area (Å²) in [5.74, 6) is -0.303. The molecule has 0 N–H and O–H groups in total. The molecular weight excluding hydrogens is 342 g/mol. The first-order valence-electron chi connectivity index (χ1n) is 9.09. The molecule has 5 nitrogen and oxygen atoms in total. The molecule has 0 bridgehead atoms. The first-order chi connectivity index (χ1) is 12.6. The lowest BCUT2D eigenvalue weighted by molar-refractivity contribution is 0.0533. The highest BCUT2D eigenvalue weighted by Gasteiger charge is 2.33. The van der Waals surface area contributed by atoms with Gasteiger partial charge in [-0.05, 0) is 75.1 Å². The molecule has 4 rings (SSSR count). The lowest BCUT2D eigenvalue weighted by atomic mass is 9.87. The van der Waals surface area contributed by atoms with Crippen LogP contribution in [0.2, 0.25) is 0 Å². The Morgan fingerprint density at radius 1 is 1.07 bits per heavy atom. The van der Waals surface area contributed by atoms with Crippen molar-refractivity contribution in [3.63, 3.8) is 0 Å². The summed E-state index contributed by atoms with van der Waals surface area (Å²) < 4.78 is 10.8. The number of esters is 1. The lowest BCUT2D eigenvalue weighted by Crippen LogP contribution is -2.38. The molecule has 2 aromatic carbocycles. The predicted molar refractivity (Wildman–Crippen MR) is 103 cm³/mol. The molecule has 0 aromatic heterocycles. The minimum atomic E-state index is -0.585. The van der Waals surface area contributed by atoms with Crippen molar-refractivity contribution >= 4 is 17.7 Å². The molecule has 0 saturated heterocycles. The maximum Gasteiger partial charge on any atom is 0.415 e. The van der Waals surface area contributed by atoms with Gasteiger partial charge in [0.1, 0.15) is 12.2 Å². The van der Waals surface area contributed by atoms with E-state index in [9.17, 15) is 9.59 Å². The van der Waals surface area contributed by atoms with E-state index in [1.807, 2.05) is 52.8 Å². The smallest absolute Gasteiger partial charge is 0.415 e. The number of ether oxygens (including phenoxy) is 2. The second-order valence-corrected chi connectivity index (χ2v) is 8.29. The van der Waals surface area contributed by atoms with E-state index in [0.717, 1.165) is 39.1 Å². The fourth-order valence-corrected chi connectivity index (χ4v) is 3.83. The molecule has 27 heavy (non-hydrogen) atoms. The Balaban J connectivity index is 1.90. The van der Waals surface area contributed by atoms with Gasteiger partial charge in [0.05, 0.1) is 17.8 Å². The summed E-state index contributed by atoms with van der Waals surface area (Å²) in [5, 5.41) is 0. The van der Waals surface area contributed by atoms with E-state index in [0.29, 0.717) is 18.7 Å². The van der Waals surface area contributed by atoms with Crippen LogP contribution in [0.3, 0.4) is 0 Å². The number of hydrogen-bond acceptors (Lipinski definition) is 4. The molecule has 0 atom stereocenters. The number of cyclic esters (lactones) is 1. The summed E-state index contributed by atoms with van der Waals surface area (Å²) in [6.45, 7) is 10.3. The Morgan fingerprint density at radius 2 is 1.78 bits per heavy atom. The first kappa shape index (κ1) is 17.6.